The van der Waals surface area contributed by atoms with Crippen molar-refractivity contribution >= 4 is 11.8 Å². The van der Waals surface area contributed by atoms with Gasteiger partial charge in [-0.2, -0.15) is 0 Å². The number of para-hydroxylation sites is 1. The zero-order valence-electron chi connectivity index (χ0n) is 14.4. The molecule has 0 bridgehead atoms. The third kappa shape index (κ3) is 3.52. The molecule has 4 rings (SSSR count). The van der Waals surface area contributed by atoms with Crippen LogP contribution < -0.4 is 0 Å². The first-order chi connectivity index (χ1) is 12.7. The van der Waals surface area contributed by atoms with E-state index in [1.165, 1.54) is 11.8 Å². The fourth-order valence-corrected chi connectivity index (χ4v) is 3.26. The first kappa shape index (κ1) is 16.5. The summed E-state index contributed by atoms with van der Waals surface area (Å²) in [6.45, 7) is 4.04. The Labute approximate surface area is 155 Å². The number of nitrogens with zero attached hydrogens (tertiary/aromatic N) is 5. The molecule has 0 saturated heterocycles. The van der Waals surface area contributed by atoms with Crippen LogP contribution in [0.4, 0.5) is 0 Å². The number of rotatable bonds is 5. The summed E-state index contributed by atoms with van der Waals surface area (Å²) in [6, 6.07) is 17.9. The Morgan fingerprint density at radius 2 is 1.88 bits per heavy atom. The van der Waals surface area contributed by atoms with E-state index in [9.17, 15) is 0 Å². The van der Waals surface area contributed by atoms with Crippen molar-refractivity contribution in [3.05, 3.63) is 72.4 Å². The molecule has 0 aliphatic carbocycles. The van der Waals surface area contributed by atoms with Crippen LogP contribution in [-0.2, 0) is 0 Å². The van der Waals surface area contributed by atoms with E-state index in [2.05, 4.69) is 20.3 Å². The molecule has 1 atom stereocenters. The SMILES string of the molecule is Cc1cccc(-c2nnc(C(C)Sc3ncn(-c4ccccc4)n3)o2)c1. The molecule has 4 aromatic rings. The quantitative estimate of drug-likeness (QED) is 0.487. The van der Waals surface area contributed by atoms with E-state index in [0.29, 0.717) is 16.9 Å². The molecule has 0 radical (unpaired) electrons. The molecule has 2 aromatic heterocycles. The van der Waals surface area contributed by atoms with Crippen LogP contribution in [0.25, 0.3) is 17.1 Å². The molecule has 26 heavy (non-hydrogen) atoms. The number of hydrogen-bond acceptors (Lipinski definition) is 6. The smallest absolute Gasteiger partial charge is 0.247 e. The summed E-state index contributed by atoms with van der Waals surface area (Å²) in [5.74, 6) is 1.08. The second-order valence-corrected chi connectivity index (χ2v) is 7.19. The fourth-order valence-electron chi connectivity index (χ4n) is 2.51. The summed E-state index contributed by atoms with van der Waals surface area (Å²) in [5, 5.41) is 13.5. The molecule has 0 N–H and O–H groups in total. The van der Waals surface area contributed by atoms with Gasteiger partial charge in [0.15, 0.2) is 0 Å². The molecule has 0 fully saturated rings. The van der Waals surface area contributed by atoms with E-state index >= 15 is 0 Å². The highest BCUT2D eigenvalue weighted by molar-refractivity contribution is 7.99. The number of aryl methyl sites for hydroxylation is 1. The molecule has 0 aliphatic rings. The van der Waals surface area contributed by atoms with Crippen LogP contribution in [0.15, 0.2) is 70.5 Å². The van der Waals surface area contributed by atoms with Gasteiger partial charge >= 0.3 is 0 Å². The lowest BCUT2D eigenvalue weighted by molar-refractivity contribution is 0.509. The summed E-state index contributed by atoms with van der Waals surface area (Å²) in [6.07, 6.45) is 1.70. The van der Waals surface area contributed by atoms with Gasteiger partial charge in [-0.3, -0.25) is 0 Å². The van der Waals surface area contributed by atoms with Gasteiger partial charge in [0.25, 0.3) is 0 Å². The fraction of sp³-hybridized carbons (Fsp3) is 0.158. The van der Waals surface area contributed by atoms with Crippen molar-refractivity contribution in [3.63, 3.8) is 0 Å². The van der Waals surface area contributed by atoms with E-state index < -0.39 is 0 Å². The molecule has 1 unspecified atom stereocenters. The first-order valence-corrected chi connectivity index (χ1v) is 9.11. The monoisotopic (exact) mass is 363 g/mol. The average molecular weight is 363 g/mol. The lowest BCUT2D eigenvalue weighted by Gasteiger charge is -2.03. The minimum Gasteiger partial charge on any atom is -0.419 e. The normalized spacial score (nSPS) is 12.2. The third-order valence-electron chi connectivity index (χ3n) is 3.83. The number of hydrogen-bond donors (Lipinski definition) is 0. The highest BCUT2D eigenvalue weighted by atomic mass is 32.2. The predicted molar refractivity (Wildman–Crippen MR) is 100 cm³/mol. The van der Waals surface area contributed by atoms with Crippen LogP contribution >= 0.6 is 11.8 Å². The number of aromatic nitrogens is 5. The molecule has 0 aliphatic heterocycles. The van der Waals surface area contributed by atoms with Gasteiger partial charge in [0.05, 0.1) is 10.9 Å². The van der Waals surface area contributed by atoms with E-state index in [1.807, 2.05) is 68.4 Å². The van der Waals surface area contributed by atoms with Crippen LogP contribution in [0.5, 0.6) is 0 Å². The topological polar surface area (TPSA) is 69.6 Å². The summed E-state index contributed by atoms with van der Waals surface area (Å²) < 4.78 is 7.60. The maximum Gasteiger partial charge on any atom is 0.247 e. The van der Waals surface area contributed by atoms with Crippen molar-refractivity contribution in [1.29, 1.82) is 0 Å². The molecule has 0 spiro atoms. The standard InChI is InChI=1S/C19H17N5OS/c1-13-7-6-8-15(11-13)18-22-21-17(25-18)14(2)26-19-20-12-24(23-19)16-9-4-3-5-10-16/h3-12,14H,1-2H3. The molecule has 0 saturated carbocycles. The molecule has 130 valence electrons. The summed E-state index contributed by atoms with van der Waals surface area (Å²) >= 11 is 1.48. The van der Waals surface area contributed by atoms with Crippen LogP contribution in [-0.4, -0.2) is 25.0 Å². The van der Waals surface area contributed by atoms with Gasteiger partial charge in [0.2, 0.25) is 16.9 Å². The van der Waals surface area contributed by atoms with Gasteiger partial charge in [-0.1, -0.05) is 47.7 Å². The highest BCUT2D eigenvalue weighted by Gasteiger charge is 2.18. The number of thioether (sulfide) groups is 1. The zero-order chi connectivity index (χ0) is 17.9. The van der Waals surface area contributed by atoms with Crippen molar-refractivity contribution in [2.45, 2.75) is 24.3 Å². The Balaban J connectivity index is 1.49. The Bertz CT molecular complexity index is 1010. The molecule has 6 nitrogen and oxygen atoms in total. The summed E-state index contributed by atoms with van der Waals surface area (Å²) in [7, 11) is 0. The van der Waals surface area contributed by atoms with Crippen LogP contribution in [0.2, 0.25) is 0 Å². The molecule has 0 amide bonds. The Hall–Kier alpha value is -2.93. The van der Waals surface area contributed by atoms with Gasteiger partial charge in [-0.15, -0.1) is 15.3 Å². The zero-order valence-corrected chi connectivity index (χ0v) is 15.2. The predicted octanol–water partition coefficient (Wildman–Crippen LogP) is 4.48. The van der Waals surface area contributed by atoms with Crippen molar-refractivity contribution in [3.8, 4) is 17.1 Å². The third-order valence-corrected chi connectivity index (χ3v) is 4.78. The Morgan fingerprint density at radius 1 is 1.04 bits per heavy atom. The maximum absolute atomic E-state index is 5.84. The van der Waals surface area contributed by atoms with Crippen molar-refractivity contribution in [2.75, 3.05) is 0 Å². The van der Waals surface area contributed by atoms with Crippen LogP contribution in [0.3, 0.4) is 0 Å². The minimum atomic E-state index is -0.0484. The highest BCUT2D eigenvalue weighted by Crippen LogP contribution is 2.33. The molecule has 2 aromatic carbocycles. The summed E-state index contributed by atoms with van der Waals surface area (Å²) in [5.41, 5.74) is 3.05. The van der Waals surface area contributed by atoms with Crippen molar-refractivity contribution < 1.29 is 4.42 Å². The van der Waals surface area contributed by atoms with E-state index in [0.717, 1.165) is 16.8 Å². The second kappa shape index (κ2) is 7.13. The molecule has 2 heterocycles. The first-order valence-electron chi connectivity index (χ1n) is 8.23. The minimum absolute atomic E-state index is 0.0484. The molecular weight excluding hydrogens is 346 g/mol. The Morgan fingerprint density at radius 3 is 2.69 bits per heavy atom. The summed E-state index contributed by atoms with van der Waals surface area (Å²) in [4.78, 5) is 4.36. The van der Waals surface area contributed by atoms with Gasteiger partial charge < -0.3 is 4.42 Å². The van der Waals surface area contributed by atoms with Gasteiger partial charge in [0.1, 0.15) is 6.33 Å². The van der Waals surface area contributed by atoms with Crippen LogP contribution in [0.1, 0.15) is 23.6 Å². The lowest BCUT2D eigenvalue weighted by atomic mass is 10.1. The average Bonchev–Trinajstić information content (AvgIpc) is 3.32. The van der Waals surface area contributed by atoms with Crippen LogP contribution in [0, 0.1) is 6.92 Å². The molecular formula is C19H17N5OS. The van der Waals surface area contributed by atoms with E-state index in [4.69, 9.17) is 4.42 Å². The maximum atomic E-state index is 5.84. The van der Waals surface area contributed by atoms with Crippen molar-refractivity contribution in [2.24, 2.45) is 0 Å². The van der Waals surface area contributed by atoms with Gasteiger partial charge in [-0.25, -0.2) is 9.67 Å². The van der Waals surface area contributed by atoms with Gasteiger partial charge in [-0.05, 0) is 38.1 Å². The van der Waals surface area contributed by atoms with E-state index in [1.54, 1.807) is 11.0 Å². The Kier molecular flexibility index (Phi) is 4.53. The second-order valence-electron chi connectivity index (χ2n) is 5.88. The molecule has 7 heteroatoms. The van der Waals surface area contributed by atoms with Crippen molar-refractivity contribution in [1.82, 2.24) is 25.0 Å². The van der Waals surface area contributed by atoms with Gasteiger partial charge in [0, 0.05) is 5.56 Å². The van der Waals surface area contributed by atoms with E-state index in [-0.39, 0.29) is 5.25 Å². The largest absolute Gasteiger partial charge is 0.419 e. The lowest BCUT2D eigenvalue weighted by Crippen LogP contribution is -1.94. The number of benzene rings is 2.